The van der Waals surface area contributed by atoms with Gasteiger partial charge in [-0.2, -0.15) is 5.10 Å². The summed E-state index contributed by atoms with van der Waals surface area (Å²) in [5.74, 6) is 2.68. The number of fused-ring (bicyclic) bond motifs is 2. The second kappa shape index (κ2) is 4.78. The minimum Gasteiger partial charge on any atom is -0.441 e. The Morgan fingerprint density at radius 3 is 2.91 bits per heavy atom. The summed E-state index contributed by atoms with van der Waals surface area (Å²) in [6, 6.07) is 10.0. The summed E-state index contributed by atoms with van der Waals surface area (Å²) in [6.45, 7) is 0. The topological polar surface area (TPSA) is 67.5 Å². The van der Waals surface area contributed by atoms with Gasteiger partial charge in [-0.25, -0.2) is 10.4 Å². The highest BCUT2D eigenvalue weighted by molar-refractivity contribution is 6.01. The van der Waals surface area contributed by atoms with Crippen LogP contribution in [0.5, 0.6) is 0 Å². The van der Waals surface area contributed by atoms with Crippen molar-refractivity contribution in [2.24, 2.45) is 22.9 Å². The SMILES string of the molecule is O=C1NN=C(C2CCc3nc(-c4ccccc4)oc3C2)[C@H]2C[C@@H]12. The summed E-state index contributed by atoms with van der Waals surface area (Å²) < 4.78 is 6.03. The zero-order valence-corrected chi connectivity index (χ0v) is 12.7. The predicted molar refractivity (Wildman–Crippen MR) is 84.6 cm³/mol. The monoisotopic (exact) mass is 307 g/mol. The molecule has 1 saturated carbocycles. The number of aryl methyl sites for hydroxylation is 1. The number of aromatic nitrogens is 1. The molecule has 5 rings (SSSR count). The second-order valence-corrected chi connectivity index (χ2v) is 6.66. The number of hydrogen-bond acceptors (Lipinski definition) is 4. The molecule has 23 heavy (non-hydrogen) atoms. The summed E-state index contributed by atoms with van der Waals surface area (Å²) in [4.78, 5) is 16.2. The molecule has 3 atom stereocenters. The Bertz CT molecular complexity index is 809. The van der Waals surface area contributed by atoms with Crippen molar-refractivity contribution >= 4 is 11.6 Å². The van der Waals surface area contributed by atoms with E-state index in [1.165, 1.54) is 0 Å². The van der Waals surface area contributed by atoms with Crippen LogP contribution in [-0.4, -0.2) is 16.6 Å². The molecule has 0 bridgehead atoms. The van der Waals surface area contributed by atoms with Crippen molar-refractivity contribution in [2.45, 2.75) is 25.7 Å². The van der Waals surface area contributed by atoms with Crippen LogP contribution >= 0.6 is 0 Å². The highest BCUT2D eigenvalue weighted by Gasteiger charge is 2.51. The molecule has 1 unspecified atom stereocenters. The first-order chi connectivity index (χ1) is 11.3. The molecule has 1 aromatic carbocycles. The fourth-order valence-electron chi connectivity index (χ4n) is 3.82. The number of nitrogens with zero attached hydrogens (tertiary/aromatic N) is 2. The highest BCUT2D eigenvalue weighted by atomic mass is 16.4. The molecular weight excluding hydrogens is 290 g/mol. The molecule has 2 heterocycles. The maximum absolute atomic E-state index is 11.6. The summed E-state index contributed by atoms with van der Waals surface area (Å²) in [5, 5.41) is 4.35. The van der Waals surface area contributed by atoms with Gasteiger partial charge in [-0.05, 0) is 31.4 Å². The lowest BCUT2D eigenvalue weighted by molar-refractivity contribution is -0.122. The van der Waals surface area contributed by atoms with Gasteiger partial charge in [0, 0.05) is 35.4 Å². The zero-order valence-electron chi connectivity index (χ0n) is 12.7. The molecule has 1 N–H and O–H groups in total. The number of hydrazone groups is 1. The van der Waals surface area contributed by atoms with E-state index in [0.717, 1.165) is 48.4 Å². The average Bonchev–Trinajstić information content (AvgIpc) is 3.28. The third-order valence-corrected chi connectivity index (χ3v) is 5.18. The number of rotatable bonds is 2. The smallest absolute Gasteiger partial charge is 0.243 e. The fraction of sp³-hybridized carbons (Fsp3) is 0.389. The van der Waals surface area contributed by atoms with E-state index in [-0.39, 0.29) is 11.8 Å². The first-order valence-electron chi connectivity index (χ1n) is 8.21. The largest absolute Gasteiger partial charge is 0.441 e. The number of oxazole rings is 1. The molecule has 3 aliphatic rings. The maximum Gasteiger partial charge on any atom is 0.243 e. The van der Waals surface area contributed by atoms with Crippen LogP contribution in [-0.2, 0) is 17.6 Å². The Kier molecular flexibility index (Phi) is 2.71. The second-order valence-electron chi connectivity index (χ2n) is 6.66. The number of amides is 1. The Hall–Kier alpha value is -2.43. The normalized spacial score (nSPS) is 28.4. The van der Waals surface area contributed by atoms with E-state index in [1.54, 1.807) is 0 Å². The van der Waals surface area contributed by atoms with E-state index in [4.69, 9.17) is 4.42 Å². The Morgan fingerprint density at radius 2 is 2.04 bits per heavy atom. The first-order valence-corrected chi connectivity index (χ1v) is 8.21. The van der Waals surface area contributed by atoms with Crippen LogP contribution in [0, 0.1) is 17.8 Å². The van der Waals surface area contributed by atoms with E-state index in [1.807, 2.05) is 30.3 Å². The van der Waals surface area contributed by atoms with Crippen LogP contribution in [0.1, 0.15) is 24.3 Å². The van der Waals surface area contributed by atoms with Gasteiger partial charge in [0.15, 0.2) is 0 Å². The Labute approximate surface area is 133 Å². The molecule has 1 amide bonds. The summed E-state index contributed by atoms with van der Waals surface area (Å²) in [7, 11) is 0. The molecule has 0 spiro atoms. The van der Waals surface area contributed by atoms with Crippen LogP contribution in [0.4, 0.5) is 0 Å². The van der Waals surface area contributed by atoms with Crippen LogP contribution < -0.4 is 5.43 Å². The molecule has 116 valence electrons. The van der Waals surface area contributed by atoms with Gasteiger partial charge < -0.3 is 4.42 Å². The van der Waals surface area contributed by atoms with E-state index >= 15 is 0 Å². The van der Waals surface area contributed by atoms with Crippen molar-refractivity contribution in [1.29, 1.82) is 0 Å². The summed E-state index contributed by atoms with van der Waals surface area (Å²) >= 11 is 0. The molecule has 2 aromatic rings. The molecule has 2 aliphatic carbocycles. The minimum absolute atomic E-state index is 0.0845. The molecule has 5 heteroatoms. The molecule has 1 aromatic heterocycles. The first kappa shape index (κ1) is 13.0. The van der Waals surface area contributed by atoms with Crippen molar-refractivity contribution in [3.8, 4) is 11.5 Å². The lowest BCUT2D eigenvalue weighted by Gasteiger charge is -2.23. The zero-order chi connectivity index (χ0) is 15.4. The quantitative estimate of drug-likeness (QED) is 0.927. The summed E-state index contributed by atoms with van der Waals surface area (Å²) in [5.41, 5.74) is 5.94. The van der Waals surface area contributed by atoms with Crippen molar-refractivity contribution in [1.82, 2.24) is 10.4 Å². The van der Waals surface area contributed by atoms with E-state index in [2.05, 4.69) is 15.5 Å². The van der Waals surface area contributed by atoms with E-state index < -0.39 is 0 Å². The van der Waals surface area contributed by atoms with Crippen LogP contribution in [0.15, 0.2) is 39.9 Å². The molecule has 5 nitrogen and oxygen atoms in total. The van der Waals surface area contributed by atoms with Crippen LogP contribution in [0.25, 0.3) is 11.5 Å². The van der Waals surface area contributed by atoms with Crippen LogP contribution in [0.2, 0.25) is 0 Å². The highest BCUT2D eigenvalue weighted by Crippen LogP contribution is 2.45. The lowest BCUT2D eigenvalue weighted by atomic mass is 9.84. The number of carbonyl (C=O) groups excluding carboxylic acids is 1. The molecule has 0 saturated heterocycles. The van der Waals surface area contributed by atoms with Crippen molar-refractivity contribution in [3.05, 3.63) is 41.8 Å². The van der Waals surface area contributed by atoms with E-state index in [9.17, 15) is 4.79 Å². The van der Waals surface area contributed by atoms with Gasteiger partial charge in [-0.15, -0.1) is 0 Å². The van der Waals surface area contributed by atoms with Crippen molar-refractivity contribution in [3.63, 3.8) is 0 Å². The minimum atomic E-state index is 0.0845. The van der Waals surface area contributed by atoms with Gasteiger partial charge in [-0.1, -0.05) is 18.2 Å². The van der Waals surface area contributed by atoms with Crippen LogP contribution in [0.3, 0.4) is 0 Å². The number of benzene rings is 1. The van der Waals surface area contributed by atoms with Gasteiger partial charge >= 0.3 is 0 Å². The third-order valence-electron chi connectivity index (χ3n) is 5.18. The van der Waals surface area contributed by atoms with Crippen molar-refractivity contribution < 1.29 is 9.21 Å². The number of carbonyl (C=O) groups is 1. The van der Waals surface area contributed by atoms with Gasteiger partial charge in [0.1, 0.15) is 5.76 Å². The van der Waals surface area contributed by atoms with Gasteiger partial charge in [0.25, 0.3) is 0 Å². The van der Waals surface area contributed by atoms with Gasteiger partial charge in [0.2, 0.25) is 11.8 Å². The Morgan fingerprint density at radius 1 is 1.17 bits per heavy atom. The molecule has 0 radical (unpaired) electrons. The fourth-order valence-corrected chi connectivity index (χ4v) is 3.82. The standard InChI is InChI=1S/C18H17N3O2/c22-17-13-9-12(13)16(20-21-17)11-6-7-14-15(8-11)23-18(19-14)10-4-2-1-3-5-10/h1-5,11-13H,6-9H2,(H,21,22)/t11?,12-,13+/m0/s1. The lowest BCUT2D eigenvalue weighted by Crippen LogP contribution is -2.34. The molecular formula is C18H17N3O2. The van der Waals surface area contributed by atoms with Gasteiger partial charge in [0.05, 0.1) is 5.69 Å². The predicted octanol–water partition coefficient (Wildman–Crippen LogP) is 2.57. The number of nitrogens with one attached hydrogen (secondary N) is 1. The van der Waals surface area contributed by atoms with E-state index in [0.29, 0.717) is 17.7 Å². The van der Waals surface area contributed by atoms with Crippen molar-refractivity contribution in [2.75, 3.05) is 0 Å². The van der Waals surface area contributed by atoms with Gasteiger partial charge in [-0.3, -0.25) is 4.79 Å². The number of hydrogen-bond donors (Lipinski definition) is 1. The Balaban J connectivity index is 1.41. The molecule has 1 fully saturated rings. The molecule has 1 aliphatic heterocycles. The maximum atomic E-state index is 11.6. The third kappa shape index (κ3) is 2.11. The average molecular weight is 307 g/mol. The summed E-state index contributed by atoms with van der Waals surface area (Å²) in [6.07, 6.45) is 3.75.